The number of sulfonamides is 1. The van der Waals surface area contributed by atoms with E-state index in [1.54, 1.807) is 18.2 Å². The summed E-state index contributed by atoms with van der Waals surface area (Å²) in [5.41, 5.74) is 3.58. The molecule has 0 amide bonds. The van der Waals surface area contributed by atoms with Crippen molar-refractivity contribution >= 4 is 61.5 Å². The van der Waals surface area contributed by atoms with Gasteiger partial charge in [0.1, 0.15) is 10.7 Å². The second kappa shape index (κ2) is 9.52. The minimum atomic E-state index is -4.21. The van der Waals surface area contributed by atoms with E-state index in [2.05, 4.69) is 30.1 Å². The van der Waals surface area contributed by atoms with Crippen molar-refractivity contribution in [2.24, 2.45) is 0 Å². The molecule has 2 heterocycles. The fraction of sp³-hybridized carbons (Fsp3) is 0.238. The third-order valence-corrected chi connectivity index (χ3v) is 7.57. The van der Waals surface area contributed by atoms with Gasteiger partial charge in [-0.05, 0) is 31.7 Å². The molecule has 1 aliphatic heterocycles. The number of nitrogens with zero attached hydrogens (tertiary/aromatic N) is 3. The Kier molecular flexibility index (Phi) is 6.71. The number of benzene rings is 2. The normalized spacial score (nSPS) is 15.9. The quantitative estimate of drug-likeness (QED) is 0.398. The van der Waals surface area contributed by atoms with Gasteiger partial charge in [-0.1, -0.05) is 17.7 Å². The molecule has 172 valence electrons. The molecule has 1 aromatic heterocycles. The Morgan fingerprint density at radius 3 is 2.79 bits per heavy atom. The zero-order chi connectivity index (χ0) is 23.6. The van der Waals surface area contributed by atoms with Crippen molar-refractivity contribution in [3.05, 3.63) is 63.5 Å². The lowest BCUT2D eigenvalue weighted by molar-refractivity contribution is 0.570. The minimum absolute atomic E-state index is 0.0322. The molecule has 1 aliphatic rings. The molecule has 1 atom stereocenters. The van der Waals surface area contributed by atoms with Crippen molar-refractivity contribution in [2.45, 2.75) is 17.4 Å². The second-order valence-electron chi connectivity index (χ2n) is 7.40. The van der Waals surface area contributed by atoms with E-state index in [9.17, 15) is 12.8 Å². The summed E-state index contributed by atoms with van der Waals surface area (Å²) in [6, 6.07) is 7.60. The third-order valence-electron chi connectivity index (χ3n) is 5.30. The SMILES string of the molecule is [C-]#[N+]c1ccc(Nc2cc(F)c(S(=O)(=O)Nc3cscn3)cc2Cl)c(N2CCC(NC)C2)c1. The Morgan fingerprint density at radius 1 is 1.30 bits per heavy atom. The van der Waals surface area contributed by atoms with Crippen LogP contribution in [0.3, 0.4) is 0 Å². The van der Waals surface area contributed by atoms with Crippen LogP contribution in [-0.4, -0.2) is 39.6 Å². The van der Waals surface area contributed by atoms with Crippen molar-refractivity contribution in [1.29, 1.82) is 0 Å². The average molecular weight is 507 g/mol. The monoisotopic (exact) mass is 506 g/mol. The van der Waals surface area contributed by atoms with E-state index < -0.39 is 20.7 Å². The highest BCUT2D eigenvalue weighted by molar-refractivity contribution is 7.92. The largest absolute Gasteiger partial charge is 0.369 e. The Balaban J connectivity index is 1.65. The van der Waals surface area contributed by atoms with Crippen molar-refractivity contribution in [1.82, 2.24) is 10.3 Å². The number of nitrogens with one attached hydrogen (secondary N) is 3. The number of halogens is 2. The van der Waals surface area contributed by atoms with E-state index in [0.717, 1.165) is 37.3 Å². The summed E-state index contributed by atoms with van der Waals surface area (Å²) in [5.74, 6) is -0.854. The molecule has 2 aromatic carbocycles. The van der Waals surface area contributed by atoms with Gasteiger partial charge in [0.15, 0.2) is 11.5 Å². The maximum Gasteiger partial charge on any atom is 0.266 e. The van der Waals surface area contributed by atoms with Gasteiger partial charge in [0.05, 0.1) is 28.5 Å². The Hall–Kier alpha value is -2.91. The average Bonchev–Trinajstić information content (AvgIpc) is 3.48. The number of likely N-dealkylation sites (N-methyl/N-ethyl adjacent to an activating group) is 1. The number of hydrogen-bond acceptors (Lipinski definition) is 7. The van der Waals surface area contributed by atoms with Crippen molar-refractivity contribution < 1.29 is 12.8 Å². The third kappa shape index (κ3) is 5.04. The lowest BCUT2D eigenvalue weighted by atomic mass is 10.2. The molecule has 0 aliphatic carbocycles. The molecular weight excluding hydrogens is 487 g/mol. The van der Waals surface area contributed by atoms with Crippen LogP contribution in [0.1, 0.15) is 6.42 Å². The van der Waals surface area contributed by atoms with Gasteiger partial charge in [-0.25, -0.2) is 22.6 Å². The number of aromatic nitrogens is 1. The number of hydrogen-bond donors (Lipinski definition) is 3. The fourth-order valence-corrected chi connectivity index (χ4v) is 5.52. The molecule has 1 fully saturated rings. The molecule has 1 saturated heterocycles. The van der Waals surface area contributed by atoms with E-state index in [1.807, 2.05) is 7.05 Å². The first-order chi connectivity index (χ1) is 15.8. The Labute approximate surface area is 200 Å². The summed E-state index contributed by atoms with van der Waals surface area (Å²) in [7, 11) is -2.30. The zero-order valence-electron chi connectivity index (χ0n) is 17.5. The van der Waals surface area contributed by atoms with Gasteiger partial charge in [0.2, 0.25) is 0 Å². The van der Waals surface area contributed by atoms with Crippen LogP contribution in [0.15, 0.2) is 46.1 Å². The van der Waals surface area contributed by atoms with Gasteiger partial charge in [0, 0.05) is 36.3 Å². The molecule has 4 rings (SSSR count). The number of thiazole rings is 1. The smallest absolute Gasteiger partial charge is 0.266 e. The van der Waals surface area contributed by atoms with Crippen LogP contribution in [0.2, 0.25) is 5.02 Å². The molecule has 0 spiro atoms. The maximum atomic E-state index is 14.9. The van der Waals surface area contributed by atoms with Gasteiger partial charge in [-0.3, -0.25) is 4.72 Å². The molecule has 33 heavy (non-hydrogen) atoms. The molecular formula is C21H20ClFN6O2S2. The zero-order valence-corrected chi connectivity index (χ0v) is 19.9. The van der Waals surface area contributed by atoms with E-state index in [4.69, 9.17) is 18.2 Å². The first-order valence-corrected chi connectivity index (χ1v) is 12.7. The van der Waals surface area contributed by atoms with Crippen LogP contribution in [0.25, 0.3) is 4.85 Å². The predicted octanol–water partition coefficient (Wildman–Crippen LogP) is 4.83. The van der Waals surface area contributed by atoms with E-state index in [0.29, 0.717) is 17.4 Å². The van der Waals surface area contributed by atoms with Crippen LogP contribution in [0, 0.1) is 12.4 Å². The first-order valence-electron chi connectivity index (χ1n) is 9.91. The summed E-state index contributed by atoms with van der Waals surface area (Å²) in [5, 5.41) is 7.89. The molecule has 0 saturated carbocycles. The van der Waals surface area contributed by atoms with Crippen molar-refractivity contribution in [3.8, 4) is 0 Å². The topological polar surface area (TPSA) is 90.7 Å². The summed E-state index contributed by atoms with van der Waals surface area (Å²) in [6.07, 6.45) is 0.951. The molecule has 0 bridgehead atoms. The predicted molar refractivity (Wildman–Crippen MR) is 130 cm³/mol. The van der Waals surface area contributed by atoms with Crippen LogP contribution >= 0.6 is 22.9 Å². The minimum Gasteiger partial charge on any atom is -0.369 e. The Morgan fingerprint density at radius 2 is 2.12 bits per heavy atom. The standard InChI is InChI=1S/C21H20ClFN6O2S2/c1-24-13-3-4-17(19(7-13)29-6-5-14(10-29)25-2)27-18-9-16(23)20(8-15(18)22)33(30,31)28-21-11-32-12-26-21/h3-4,7-9,11-12,14,25,27-28H,5-6,10H2,2H3. The van der Waals surface area contributed by atoms with Gasteiger partial charge < -0.3 is 15.5 Å². The van der Waals surface area contributed by atoms with Gasteiger partial charge in [-0.15, -0.1) is 11.3 Å². The molecule has 3 N–H and O–H groups in total. The molecule has 12 heteroatoms. The highest BCUT2D eigenvalue weighted by Gasteiger charge is 2.25. The Bertz CT molecular complexity index is 1310. The van der Waals surface area contributed by atoms with Gasteiger partial charge >= 0.3 is 0 Å². The summed E-state index contributed by atoms with van der Waals surface area (Å²) in [6.45, 7) is 8.88. The first kappa shape index (κ1) is 23.3. The van der Waals surface area contributed by atoms with Gasteiger partial charge in [0.25, 0.3) is 10.0 Å². The molecule has 1 unspecified atom stereocenters. The lowest BCUT2D eigenvalue weighted by Gasteiger charge is -2.24. The van der Waals surface area contributed by atoms with E-state index in [1.165, 1.54) is 22.2 Å². The fourth-order valence-electron chi connectivity index (χ4n) is 3.60. The maximum absolute atomic E-state index is 14.9. The van der Waals surface area contributed by atoms with Crippen LogP contribution < -0.4 is 20.3 Å². The van der Waals surface area contributed by atoms with E-state index >= 15 is 0 Å². The number of rotatable bonds is 7. The summed E-state index contributed by atoms with van der Waals surface area (Å²) >= 11 is 7.56. The van der Waals surface area contributed by atoms with Crippen LogP contribution in [-0.2, 0) is 10.0 Å². The van der Waals surface area contributed by atoms with Crippen molar-refractivity contribution in [3.63, 3.8) is 0 Å². The summed E-state index contributed by atoms with van der Waals surface area (Å²) < 4.78 is 42.3. The van der Waals surface area contributed by atoms with Gasteiger partial charge in [-0.2, -0.15) is 0 Å². The lowest BCUT2D eigenvalue weighted by Crippen LogP contribution is -2.29. The summed E-state index contributed by atoms with van der Waals surface area (Å²) in [4.78, 5) is 8.92. The highest BCUT2D eigenvalue weighted by Crippen LogP contribution is 2.37. The molecule has 3 aromatic rings. The van der Waals surface area contributed by atoms with Crippen molar-refractivity contribution in [2.75, 3.05) is 35.1 Å². The van der Waals surface area contributed by atoms with Crippen LogP contribution in [0.5, 0.6) is 0 Å². The molecule has 8 nitrogen and oxygen atoms in total. The highest BCUT2D eigenvalue weighted by atomic mass is 35.5. The van der Waals surface area contributed by atoms with Crippen LogP contribution in [0.4, 0.5) is 33.0 Å². The number of anilines is 4. The second-order valence-corrected chi connectivity index (χ2v) is 10.2. The molecule has 0 radical (unpaired) electrons. The van der Waals surface area contributed by atoms with E-state index in [-0.39, 0.29) is 16.5 Å².